The molecule has 0 radical (unpaired) electrons. The molecule has 2 aromatic carbocycles. The molecule has 0 atom stereocenters. The zero-order valence-electron chi connectivity index (χ0n) is 16.2. The molecule has 3 rings (SSSR count). The first-order valence-corrected chi connectivity index (χ1v) is 10.5. The SMILES string of the molecule is COc1ccccc1NS(=O)(=O)c1ccc(O)c(NC(=O)CCc2cccnc2)c1. The molecule has 1 amide bonds. The third-order valence-corrected chi connectivity index (χ3v) is 5.63. The number of para-hydroxylation sites is 2. The fourth-order valence-electron chi connectivity index (χ4n) is 2.73. The van der Waals surface area contributed by atoms with Crippen LogP contribution in [0.15, 0.2) is 71.9 Å². The number of carbonyl (C=O) groups is 1. The van der Waals surface area contributed by atoms with Crippen molar-refractivity contribution < 1.29 is 23.1 Å². The zero-order chi connectivity index (χ0) is 21.6. The van der Waals surface area contributed by atoms with Gasteiger partial charge in [-0.15, -0.1) is 0 Å². The first kappa shape index (κ1) is 21.1. The van der Waals surface area contributed by atoms with E-state index in [1.54, 1.807) is 42.7 Å². The van der Waals surface area contributed by atoms with Gasteiger partial charge in [-0.2, -0.15) is 0 Å². The topological polar surface area (TPSA) is 118 Å². The number of hydrogen-bond acceptors (Lipinski definition) is 6. The van der Waals surface area contributed by atoms with Crippen LogP contribution in [0.2, 0.25) is 0 Å². The Morgan fingerprint density at radius 3 is 2.63 bits per heavy atom. The lowest BCUT2D eigenvalue weighted by atomic mass is 10.1. The molecule has 0 saturated carbocycles. The van der Waals surface area contributed by atoms with Crippen LogP contribution in [-0.2, 0) is 21.2 Å². The number of benzene rings is 2. The van der Waals surface area contributed by atoms with Gasteiger partial charge in [0.1, 0.15) is 11.5 Å². The smallest absolute Gasteiger partial charge is 0.262 e. The number of anilines is 2. The third-order valence-electron chi connectivity index (χ3n) is 4.27. The molecule has 30 heavy (non-hydrogen) atoms. The Kier molecular flexibility index (Phi) is 6.53. The number of phenols is 1. The molecule has 0 unspecified atom stereocenters. The molecule has 0 fully saturated rings. The summed E-state index contributed by atoms with van der Waals surface area (Å²) in [5.41, 5.74) is 1.18. The second kappa shape index (κ2) is 9.27. The minimum absolute atomic E-state index is 0.00842. The summed E-state index contributed by atoms with van der Waals surface area (Å²) < 4.78 is 33.1. The summed E-state index contributed by atoms with van der Waals surface area (Å²) in [4.78, 5) is 16.1. The molecule has 0 aliphatic rings. The van der Waals surface area contributed by atoms with Crippen LogP contribution in [0, 0.1) is 0 Å². The molecule has 0 saturated heterocycles. The number of nitrogens with one attached hydrogen (secondary N) is 2. The molecule has 8 nitrogen and oxygen atoms in total. The maximum Gasteiger partial charge on any atom is 0.262 e. The minimum atomic E-state index is -3.98. The van der Waals surface area contributed by atoms with E-state index in [4.69, 9.17) is 4.74 Å². The summed E-state index contributed by atoms with van der Waals surface area (Å²) in [5, 5.41) is 12.6. The van der Waals surface area contributed by atoms with Crippen molar-refractivity contribution in [2.75, 3.05) is 17.1 Å². The standard InChI is InChI=1S/C21H21N3O5S/c1-29-20-7-3-2-6-17(20)24-30(27,28)16-9-10-19(25)18(13-16)23-21(26)11-8-15-5-4-12-22-14-15/h2-7,9-10,12-14,24-25H,8,11H2,1H3,(H,23,26). The van der Waals surface area contributed by atoms with E-state index >= 15 is 0 Å². The third kappa shape index (κ3) is 5.26. The molecule has 3 aromatic rings. The molecule has 3 N–H and O–H groups in total. The Morgan fingerprint density at radius 2 is 1.90 bits per heavy atom. The monoisotopic (exact) mass is 427 g/mol. The van der Waals surface area contributed by atoms with E-state index in [9.17, 15) is 18.3 Å². The maximum atomic E-state index is 12.8. The molecule has 1 heterocycles. The highest BCUT2D eigenvalue weighted by atomic mass is 32.2. The Hall–Kier alpha value is -3.59. The minimum Gasteiger partial charge on any atom is -0.506 e. The number of sulfonamides is 1. The molecule has 1 aromatic heterocycles. The van der Waals surface area contributed by atoms with Crippen molar-refractivity contribution in [2.24, 2.45) is 0 Å². The van der Waals surface area contributed by atoms with Crippen LogP contribution in [0.5, 0.6) is 11.5 Å². The molecule has 0 aliphatic heterocycles. The molecule has 9 heteroatoms. The number of aryl methyl sites for hydroxylation is 1. The number of rotatable bonds is 8. The normalized spacial score (nSPS) is 11.0. The Morgan fingerprint density at radius 1 is 1.10 bits per heavy atom. The number of carbonyl (C=O) groups excluding carboxylic acids is 1. The predicted octanol–water partition coefficient (Wildman–Crippen LogP) is 3.17. The van der Waals surface area contributed by atoms with Crippen LogP contribution in [0.1, 0.15) is 12.0 Å². The van der Waals surface area contributed by atoms with E-state index in [1.165, 1.54) is 25.3 Å². The quantitative estimate of drug-likeness (QED) is 0.475. The van der Waals surface area contributed by atoms with Crippen LogP contribution in [0.4, 0.5) is 11.4 Å². The first-order chi connectivity index (χ1) is 14.4. The van der Waals surface area contributed by atoms with E-state index < -0.39 is 10.0 Å². The summed E-state index contributed by atoms with van der Waals surface area (Å²) in [6.45, 7) is 0. The van der Waals surface area contributed by atoms with Gasteiger partial charge in [0.15, 0.2) is 0 Å². The second-order valence-corrected chi connectivity index (χ2v) is 8.08. The van der Waals surface area contributed by atoms with Gasteiger partial charge in [0.05, 0.1) is 23.4 Å². The van der Waals surface area contributed by atoms with Crippen LogP contribution in [0.25, 0.3) is 0 Å². The van der Waals surface area contributed by atoms with Gasteiger partial charge in [0, 0.05) is 18.8 Å². The number of methoxy groups -OCH3 is 1. The fourth-order valence-corrected chi connectivity index (χ4v) is 3.83. The van der Waals surface area contributed by atoms with Crippen LogP contribution >= 0.6 is 0 Å². The Balaban J connectivity index is 1.74. The average Bonchev–Trinajstić information content (AvgIpc) is 2.74. The highest BCUT2D eigenvalue weighted by Crippen LogP contribution is 2.30. The summed E-state index contributed by atoms with van der Waals surface area (Å²) >= 11 is 0. The molecule has 0 aliphatic carbocycles. The van der Waals surface area contributed by atoms with Gasteiger partial charge < -0.3 is 15.2 Å². The number of aromatic nitrogens is 1. The fraction of sp³-hybridized carbons (Fsp3) is 0.143. The number of nitrogens with zero attached hydrogens (tertiary/aromatic N) is 1. The van der Waals surface area contributed by atoms with Gasteiger partial charge in [0.25, 0.3) is 10.0 Å². The van der Waals surface area contributed by atoms with E-state index in [1.807, 2.05) is 6.07 Å². The lowest BCUT2D eigenvalue weighted by Gasteiger charge is -2.13. The molecular formula is C21H21N3O5S. The van der Waals surface area contributed by atoms with Crippen molar-refractivity contribution in [1.82, 2.24) is 4.98 Å². The summed E-state index contributed by atoms with van der Waals surface area (Å²) in [5.74, 6) is -0.230. The average molecular weight is 427 g/mol. The number of amides is 1. The van der Waals surface area contributed by atoms with Gasteiger partial charge in [-0.3, -0.25) is 14.5 Å². The Bertz CT molecular complexity index is 1130. The number of pyridine rings is 1. The number of phenolic OH excluding ortho intramolecular Hbond substituents is 1. The zero-order valence-corrected chi connectivity index (χ0v) is 17.0. The number of aromatic hydroxyl groups is 1. The largest absolute Gasteiger partial charge is 0.506 e. The van der Waals surface area contributed by atoms with Gasteiger partial charge in [-0.05, 0) is 48.4 Å². The van der Waals surface area contributed by atoms with Crippen molar-refractivity contribution in [2.45, 2.75) is 17.7 Å². The maximum absolute atomic E-state index is 12.8. The predicted molar refractivity (Wildman–Crippen MR) is 113 cm³/mol. The summed E-state index contributed by atoms with van der Waals surface area (Å²) in [6, 6.07) is 13.9. The number of hydrogen-bond donors (Lipinski definition) is 3. The summed E-state index contributed by atoms with van der Waals surface area (Å²) in [7, 11) is -2.54. The number of ether oxygens (including phenoxy) is 1. The summed E-state index contributed by atoms with van der Waals surface area (Å²) in [6.07, 6.45) is 3.93. The van der Waals surface area contributed by atoms with E-state index in [0.717, 1.165) is 5.56 Å². The van der Waals surface area contributed by atoms with Gasteiger partial charge in [-0.1, -0.05) is 18.2 Å². The molecular weight excluding hydrogens is 406 g/mol. The molecule has 156 valence electrons. The highest BCUT2D eigenvalue weighted by Gasteiger charge is 2.19. The van der Waals surface area contributed by atoms with Gasteiger partial charge in [0.2, 0.25) is 5.91 Å². The first-order valence-electron chi connectivity index (χ1n) is 9.06. The van der Waals surface area contributed by atoms with Crippen molar-refractivity contribution in [3.63, 3.8) is 0 Å². The van der Waals surface area contributed by atoms with Crippen LogP contribution in [-0.4, -0.2) is 31.5 Å². The van der Waals surface area contributed by atoms with Crippen LogP contribution < -0.4 is 14.8 Å². The van der Waals surface area contributed by atoms with E-state index in [0.29, 0.717) is 12.2 Å². The van der Waals surface area contributed by atoms with Crippen molar-refractivity contribution in [3.8, 4) is 11.5 Å². The lowest BCUT2D eigenvalue weighted by molar-refractivity contribution is -0.116. The van der Waals surface area contributed by atoms with Crippen molar-refractivity contribution in [1.29, 1.82) is 0 Å². The van der Waals surface area contributed by atoms with Gasteiger partial charge >= 0.3 is 0 Å². The highest BCUT2D eigenvalue weighted by molar-refractivity contribution is 7.92. The molecule has 0 bridgehead atoms. The van der Waals surface area contributed by atoms with E-state index in [2.05, 4.69) is 15.0 Å². The van der Waals surface area contributed by atoms with E-state index in [-0.39, 0.29) is 34.3 Å². The molecule has 0 spiro atoms. The second-order valence-electron chi connectivity index (χ2n) is 6.39. The van der Waals surface area contributed by atoms with Crippen molar-refractivity contribution >= 4 is 27.3 Å². The Labute approximate surface area is 174 Å². The van der Waals surface area contributed by atoms with Crippen molar-refractivity contribution in [3.05, 3.63) is 72.6 Å². The van der Waals surface area contributed by atoms with Gasteiger partial charge in [-0.25, -0.2) is 8.42 Å². The lowest BCUT2D eigenvalue weighted by Crippen LogP contribution is -2.16. The van der Waals surface area contributed by atoms with Crippen LogP contribution in [0.3, 0.4) is 0 Å².